The van der Waals surface area contributed by atoms with Crippen LogP contribution in [0.5, 0.6) is 0 Å². The van der Waals surface area contributed by atoms with Crippen LogP contribution in [0.3, 0.4) is 0 Å². The van der Waals surface area contributed by atoms with Crippen LogP contribution in [0, 0.1) is 0 Å². The van der Waals surface area contributed by atoms with Crippen molar-refractivity contribution in [1.29, 1.82) is 0 Å². The molecule has 1 atom stereocenters. The number of carbonyl (C=O) groups is 1. The lowest BCUT2D eigenvalue weighted by molar-refractivity contribution is -0.166. The molecule has 6 heteroatoms. The van der Waals surface area contributed by atoms with Gasteiger partial charge in [0.15, 0.2) is 0 Å². The van der Waals surface area contributed by atoms with Gasteiger partial charge in [-0.05, 0) is 35.7 Å². The summed E-state index contributed by atoms with van der Waals surface area (Å²) in [5.74, 6) is -0.918. The Hall–Kier alpha value is -1.92. The van der Waals surface area contributed by atoms with Crippen molar-refractivity contribution in [2.75, 3.05) is 32.8 Å². The fourth-order valence-corrected chi connectivity index (χ4v) is 3.58. The van der Waals surface area contributed by atoms with Crippen molar-refractivity contribution < 1.29 is 14.6 Å². The second-order valence-corrected chi connectivity index (χ2v) is 7.06. The first-order valence-electron chi connectivity index (χ1n) is 9.23. The molecule has 27 heavy (non-hydrogen) atoms. The SMILES string of the molecule is CCOC(C(=O)O)N1CCN(Cc2ccccc2-c2ccc(Cl)cc2)CC1. The van der Waals surface area contributed by atoms with E-state index in [-0.39, 0.29) is 0 Å². The Morgan fingerprint density at radius 3 is 2.41 bits per heavy atom. The summed E-state index contributed by atoms with van der Waals surface area (Å²) >= 11 is 6.01. The van der Waals surface area contributed by atoms with Crippen LogP contribution in [0.25, 0.3) is 11.1 Å². The van der Waals surface area contributed by atoms with Gasteiger partial charge >= 0.3 is 5.97 Å². The summed E-state index contributed by atoms with van der Waals surface area (Å²) in [4.78, 5) is 15.7. The molecule has 1 unspecified atom stereocenters. The number of ether oxygens (including phenoxy) is 1. The van der Waals surface area contributed by atoms with Gasteiger partial charge in [-0.25, -0.2) is 4.79 Å². The number of carboxylic acids is 1. The van der Waals surface area contributed by atoms with Crippen molar-refractivity contribution in [3.05, 3.63) is 59.1 Å². The predicted molar refractivity (Wildman–Crippen MR) is 107 cm³/mol. The van der Waals surface area contributed by atoms with E-state index in [2.05, 4.69) is 23.1 Å². The number of halogens is 1. The molecule has 0 radical (unpaired) electrons. The average Bonchev–Trinajstić information content (AvgIpc) is 2.68. The quantitative estimate of drug-likeness (QED) is 0.785. The van der Waals surface area contributed by atoms with E-state index >= 15 is 0 Å². The number of rotatable bonds is 7. The highest BCUT2D eigenvalue weighted by atomic mass is 35.5. The molecule has 0 amide bonds. The van der Waals surface area contributed by atoms with Gasteiger partial charge in [-0.1, -0.05) is 48.0 Å². The minimum Gasteiger partial charge on any atom is -0.478 e. The number of benzene rings is 2. The van der Waals surface area contributed by atoms with Gasteiger partial charge in [0.25, 0.3) is 0 Å². The lowest BCUT2D eigenvalue weighted by Crippen LogP contribution is -2.53. The fourth-order valence-electron chi connectivity index (χ4n) is 3.46. The summed E-state index contributed by atoms with van der Waals surface area (Å²) in [6.07, 6.45) is -0.849. The van der Waals surface area contributed by atoms with Crippen molar-refractivity contribution in [3.8, 4) is 11.1 Å². The third-order valence-corrected chi connectivity index (χ3v) is 5.09. The Balaban J connectivity index is 1.66. The minimum absolute atomic E-state index is 0.394. The summed E-state index contributed by atoms with van der Waals surface area (Å²) in [7, 11) is 0. The third-order valence-electron chi connectivity index (χ3n) is 4.84. The lowest BCUT2D eigenvalue weighted by atomic mass is 9.99. The maximum absolute atomic E-state index is 11.4. The number of hydrogen-bond acceptors (Lipinski definition) is 4. The molecule has 0 aliphatic carbocycles. The third kappa shape index (κ3) is 5.08. The second-order valence-electron chi connectivity index (χ2n) is 6.62. The maximum atomic E-state index is 11.4. The Labute approximate surface area is 165 Å². The van der Waals surface area contributed by atoms with Gasteiger partial charge in [0, 0.05) is 44.4 Å². The van der Waals surface area contributed by atoms with Gasteiger partial charge in [0.1, 0.15) is 0 Å². The van der Waals surface area contributed by atoms with Gasteiger partial charge in [-0.2, -0.15) is 0 Å². The van der Waals surface area contributed by atoms with Crippen LogP contribution in [0.4, 0.5) is 0 Å². The zero-order chi connectivity index (χ0) is 19.2. The molecule has 2 aromatic rings. The van der Waals surface area contributed by atoms with Crippen molar-refractivity contribution in [3.63, 3.8) is 0 Å². The van der Waals surface area contributed by atoms with Crippen LogP contribution in [0.15, 0.2) is 48.5 Å². The number of carboxylic acid groups (broad SMARTS) is 1. The van der Waals surface area contributed by atoms with Crippen molar-refractivity contribution in [2.45, 2.75) is 19.7 Å². The molecule has 5 nitrogen and oxygen atoms in total. The van der Waals surface area contributed by atoms with E-state index in [1.807, 2.05) is 42.2 Å². The topological polar surface area (TPSA) is 53.0 Å². The van der Waals surface area contributed by atoms with Crippen molar-refractivity contribution in [1.82, 2.24) is 9.80 Å². The Morgan fingerprint density at radius 1 is 1.11 bits per heavy atom. The number of nitrogens with zero attached hydrogens (tertiary/aromatic N) is 2. The zero-order valence-electron chi connectivity index (χ0n) is 15.5. The van der Waals surface area contributed by atoms with Crippen LogP contribution in [-0.2, 0) is 16.1 Å². The molecule has 1 fully saturated rings. The fraction of sp³-hybridized carbons (Fsp3) is 0.381. The molecule has 1 aliphatic heterocycles. The molecule has 3 rings (SSSR count). The van der Waals surface area contributed by atoms with Gasteiger partial charge < -0.3 is 9.84 Å². The van der Waals surface area contributed by atoms with E-state index in [1.54, 1.807) is 0 Å². The van der Waals surface area contributed by atoms with Gasteiger partial charge in [0.2, 0.25) is 6.23 Å². The van der Waals surface area contributed by atoms with Crippen LogP contribution in [-0.4, -0.2) is 59.9 Å². The van der Waals surface area contributed by atoms with E-state index in [4.69, 9.17) is 16.3 Å². The van der Waals surface area contributed by atoms with E-state index in [1.165, 1.54) is 11.1 Å². The molecule has 144 valence electrons. The van der Waals surface area contributed by atoms with E-state index in [9.17, 15) is 9.90 Å². The molecule has 2 aromatic carbocycles. The highest BCUT2D eigenvalue weighted by Gasteiger charge is 2.29. The first-order valence-corrected chi connectivity index (χ1v) is 9.61. The van der Waals surface area contributed by atoms with E-state index < -0.39 is 12.2 Å². The van der Waals surface area contributed by atoms with Gasteiger partial charge in [-0.15, -0.1) is 0 Å². The Morgan fingerprint density at radius 2 is 1.78 bits per heavy atom. The normalized spacial score (nSPS) is 17.0. The molecule has 0 saturated carbocycles. The summed E-state index contributed by atoms with van der Waals surface area (Å²) in [5, 5.41) is 10.1. The largest absolute Gasteiger partial charge is 0.478 e. The highest BCUT2D eigenvalue weighted by Crippen LogP contribution is 2.26. The minimum atomic E-state index is -0.918. The summed E-state index contributed by atoms with van der Waals surface area (Å²) in [6, 6.07) is 16.3. The van der Waals surface area contributed by atoms with Crippen LogP contribution >= 0.6 is 11.6 Å². The summed E-state index contributed by atoms with van der Waals surface area (Å²) in [6.45, 7) is 6.03. The highest BCUT2D eigenvalue weighted by molar-refractivity contribution is 6.30. The Kier molecular flexibility index (Phi) is 6.85. The van der Waals surface area contributed by atoms with Gasteiger partial charge in [0.05, 0.1) is 0 Å². The average molecular weight is 389 g/mol. The molecule has 1 aliphatic rings. The second kappa shape index (κ2) is 9.33. The first-order chi connectivity index (χ1) is 13.1. The maximum Gasteiger partial charge on any atom is 0.348 e. The molecular formula is C21H25ClN2O3. The predicted octanol–water partition coefficient (Wildman–Crippen LogP) is 3.57. The van der Waals surface area contributed by atoms with Crippen molar-refractivity contribution in [2.24, 2.45) is 0 Å². The van der Waals surface area contributed by atoms with Gasteiger partial charge in [-0.3, -0.25) is 9.80 Å². The standard InChI is InChI=1S/C21H25ClN2O3/c1-2-27-20(21(25)26)24-13-11-23(12-14-24)15-17-5-3-4-6-19(17)16-7-9-18(22)10-8-16/h3-10,20H,2,11-15H2,1H3,(H,25,26). The molecule has 0 spiro atoms. The number of piperazine rings is 1. The summed E-state index contributed by atoms with van der Waals surface area (Å²) < 4.78 is 5.38. The van der Waals surface area contributed by atoms with Crippen molar-refractivity contribution >= 4 is 17.6 Å². The smallest absolute Gasteiger partial charge is 0.348 e. The molecule has 1 heterocycles. The number of hydrogen-bond donors (Lipinski definition) is 1. The first kappa shape index (κ1) is 19.8. The molecule has 0 aromatic heterocycles. The van der Waals surface area contributed by atoms with E-state index in [0.717, 1.165) is 30.2 Å². The van der Waals surface area contributed by atoms with E-state index in [0.29, 0.717) is 19.7 Å². The van der Waals surface area contributed by atoms with Crippen LogP contribution in [0.2, 0.25) is 5.02 Å². The summed E-state index contributed by atoms with van der Waals surface area (Å²) in [5.41, 5.74) is 3.61. The molecular weight excluding hydrogens is 364 g/mol. The monoisotopic (exact) mass is 388 g/mol. The molecule has 1 N–H and O–H groups in total. The molecule has 1 saturated heterocycles. The zero-order valence-corrected chi connectivity index (χ0v) is 16.2. The number of aliphatic carboxylic acids is 1. The molecule has 0 bridgehead atoms. The van der Waals surface area contributed by atoms with Crippen LogP contribution in [0.1, 0.15) is 12.5 Å². The Bertz CT molecular complexity index is 758. The van der Waals surface area contributed by atoms with Crippen LogP contribution < -0.4 is 0 Å². The lowest BCUT2D eigenvalue weighted by Gasteiger charge is -2.37.